The van der Waals surface area contributed by atoms with Crippen LogP contribution in [0.3, 0.4) is 0 Å². The summed E-state index contributed by atoms with van der Waals surface area (Å²) in [5, 5.41) is 6.19. The van der Waals surface area contributed by atoms with Gasteiger partial charge >= 0.3 is 0 Å². The molecule has 214 valence electrons. The second-order valence-electron chi connectivity index (χ2n) is 11.5. The first-order valence-electron chi connectivity index (χ1n) is 14.1. The van der Waals surface area contributed by atoms with E-state index >= 15 is 0 Å². The van der Waals surface area contributed by atoms with Crippen LogP contribution in [0.5, 0.6) is 0 Å². The van der Waals surface area contributed by atoms with Gasteiger partial charge in [-0.2, -0.15) is 0 Å². The minimum atomic E-state index is -3.40. The van der Waals surface area contributed by atoms with Gasteiger partial charge in [-0.3, -0.25) is 19.6 Å². The van der Waals surface area contributed by atoms with Crippen LogP contribution in [-0.2, 0) is 20.0 Å². The van der Waals surface area contributed by atoms with Crippen LogP contribution in [0.25, 0.3) is 0 Å². The van der Waals surface area contributed by atoms with Crippen molar-refractivity contribution in [2.75, 3.05) is 12.8 Å². The lowest BCUT2D eigenvalue weighted by Gasteiger charge is -2.39. The maximum Gasteiger partial charge on any atom is 0.252 e. The molecule has 2 aliphatic rings. The number of pyridine rings is 1. The molecular weight excluding hydrogens is 536 g/mol. The molecule has 1 saturated carbocycles. The van der Waals surface area contributed by atoms with Gasteiger partial charge in [-0.05, 0) is 74.2 Å². The molecule has 2 N–H and O–H groups in total. The average molecular weight is 573 g/mol. The highest BCUT2D eigenvalue weighted by Gasteiger charge is 2.41. The third kappa shape index (κ3) is 6.25. The molecule has 1 aliphatic carbocycles. The first-order chi connectivity index (χ1) is 19.6. The molecular formula is C32H36N4O4S. The molecule has 0 bridgehead atoms. The Hall–Kier alpha value is -3.85. The highest BCUT2D eigenvalue weighted by Crippen LogP contribution is 2.39. The van der Waals surface area contributed by atoms with Crippen molar-refractivity contribution < 1.29 is 18.0 Å². The largest absolute Gasteiger partial charge is 0.353 e. The van der Waals surface area contributed by atoms with Gasteiger partial charge in [0.15, 0.2) is 9.84 Å². The zero-order chi connectivity index (χ0) is 29.1. The van der Waals surface area contributed by atoms with Gasteiger partial charge in [0.2, 0.25) is 5.91 Å². The molecule has 0 saturated heterocycles. The van der Waals surface area contributed by atoms with E-state index in [9.17, 15) is 18.0 Å². The number of rotatable bonds is 9. The molecule has 2 aromatic carbocycles. The fraction of sp³-hybridized carbons (Fsp3) is 0.375. The number of amides is 2. The minimum absolute atomic E-state index is 0.126. The molecule has 8 nitrogen and oxygen atoms in total. The lowest BCUT2D eigenvalue weighted by molar-refractivity contribution is -0.127. The molecule has 1 aromatic heterocycles. The Bertz CT molecular complexity index is 1550. The smallest absolute Gasteiger partial charge is 0.252 e. The summed E-state index contributed by atoms with van der Waals surface area (Å²) in [6.07, 6.45) is 10.2. The number of aliphatic imine (C=N–C) groups is 1. The summed E-state index contributed by atoms with van der Waals surface area (Å²) in [5.74, 6) is -0.894. The number of benzene rings is 2. The normalized spacial score (nSPS) is 19.1. The molecule has 0 radical (unpaired) electrons. The SMILES string of the molecule is CC(CC1C=Nc2ccccc21)(NC(=O)c1ccc(S(C)(=O)=O)cc1)C(=O)NCC1(c2ccccn2)CCCCC1. The number of hydrogen-bond acceptors (Lipinski definition) is 6. The van der Waals surface area contributed by atoms with Gasteiger partial charge in [0, 0.05) is 47.8 Å². The number of carbonyl (C=O) groups excluding carboxylic acids is 2. The van der Waals surface area contributed by atoms with Crippen LogP contribution in [0.1, 0.15) is 73.0 Å². The number of nitrogens with one attached hydrogen (secondary N) is 2. The van der Waals surface area contributed by atoms with E-state index in [0.717, 1.165) is 55.3 Å². The van der Waals surface area contributed by atoms with Gasteiger partial charge in [0.25, 0.3) is 5.91 Å². The standard InChI is InChI=1S/C32H36N4O4S/c1-31(20-24-21-34-27-11-5-4-10-26(24)27,36-29(37)23-13-15-25(16-14-23)41(2,39)40)30(38)35-22-32(17-7-3-8-18-32)28-12-6-9-19-33-28/h4-6,9-16,19,21,24H,3,7-8,17-18,20,22H2,1-2H3,(H,35,38)(H,36,37). The quantitative estimate of drug-likeness (QED) is 0.379. The van der Waals surface area contributed by atoms with Crippen LogP contribution in [0.2, 0.25) is 0 Å². The van der Waals surface area contributed by atoms with E-state index in [4.69, 9.17) is 0 Å². The maximum atomic E-state index is 14.1. The summed E-state index contributed by atoms with van der Waals surface area (Å²) in [6.45, 7) is 2.17. The number of hydrogen-bond donors (Lipinski definition) is 2. The predicted octanol–water partition coefficient (Wildman–Crippen LogP) is 4.88. The molecule has 9 heteroatoms. The van der Waals surface area contributed by atoms with Gasteiger partial charge < -0.3 is 10.6 Å². The van der Waals surface area contributed by atoms with Crippen molar-refractivity contribution in [1.82, 2.24) is 15.6 Å². The van der Waals surface area contributed by atoms with Gasteiger partial charge in [0.05, 0.1) is 10.6 Å². The number of para-hydroxylation sites is 1. The lowest BCUT2D eigenvalue weighted by atomic mass is 9.71. The third-order valence-corrected chi connectivity index (χ3v) is 9.53. The van der Waals surface area contributed by atoms with Crippen LogP contribution < -0.4 is 10.6 Å². The summed E-state index contributed by atoms with van der Waals surface area (Å²) in [5.41, 5.74) is 1.58. The summed E-state index contributed by atoms with van der Waals surface area (Å²) in [6, 6.07) is 19.5. The average Bonchev–Trinajstić information content (AvgIpc) is 3.38. The summed E-state index contributed by atoms with van der Waals surface area (Å²) in [4.78, 5) is 36.8. The van der Waals surface area contributed by atoms with Crippen molar-refractivity contribution in [2.24, 2.45) is 4.99 Å². The van der Waals surface area contributed by atoms with E-state index in [0.29, 0.717) is 13.0 Å². The van der Waals surface area contributed by atoms with E-state index in [1.807, 2.05) is 48.7 Å². The third-order valence-electron chi connectivity index (χ3n) is 8.40. The van der Waals surface area contributed by atoms with E-state index in [1.54, 1.807) is 13.1 Å². The molecule has 3 aromatic rings. The van der Waals surface area contributed by atoms with Gasteiger partial charge in [-0.25, -0.2) is 8.42 Å². The maximum absolute atomic E-state index is 14.1. The monoisotopic (exact) mass is 572 g/mol. The van der Waals surface area contributed by atoms with E-state index in [-0.39, 0.29) is 27.7 Å². The number of aromatic nitrogens is 1. The fourth-order valence-electron chi connectivity index (χ4n) is 6.02. The molecule has 2 amide bonds. The topological polar surface area (TPSA) is 118 Å². The Morgan fingerprint density at radius 2 is 1.68 bits per heavy atom. The van der Waals surface area contributed by atoms with E-state index in [1.165, 1.54) is 24.3 Å². The summed E-state index contributed by atoms with van der Waals surface area (Å²) >= 11 is 0. The fourth-order valence-corrected chi connectivity index (χ4v) is 6.65. The lowest BCUT2D eigenvalue weighted by Crippen LogP contribution is -2.59. The van der Waals surface area contributed by atoms with Crippen molar-refractivity contribution in [3.05, 3.63) is 89.7 Å². The van der Waals surface area contributed by atoms with Gasteiger partial charge in [-0.15, -0.1) is 0 Å². The number of fused-ring (bicyclic) bond motifs is 1. The molecule has 2 unspecified atom stereocenters. The second kappa shape index (κ2) is 11.6. The molecule has 1 fully saturated rings. The van der Waals surface area contributed by atoms with Crippen LogP contribution in [0.4, 0.5) is 5.69 Å². The Balaban J connectivity index is 1.40. The van der Waals surface area contributed by atoms with Crippen LogP contribution in [0, 0.1) is 0 Å². The Labute approximate surface area is 241 Å². The Morgan fingerprint density at radius 1 is 0.976 bits per heavy atom. The first kappa shape index (κ1) is 28.7. The van der Waals surface area contributed by atoms with Crippen molar-refractivity contribution in [2.45, 2.75) is 67.2 Å². The second-order valence-corrected chi connectivity index (χ2v) is 13.5. The summed E-state index contributed by atoms with van der Waals surface area (Å²) < 4.78 is 23.8. The summed E-state index contributed by atoms with van der Waals surface area (Å²) in [7, 11) is -3.40. The Kier molecular flexibility index (Phi) is 8.09. The van der Waals surface area contributed by atoms with E-state index < -0.39 is 21.3 Å². The zero-order valence-corrected chi connectivity index (χ0v) is 24.3. The molecule has 1 aliphatic heterocycles. The predicted molar refractivity (Wildman–Crippen MR) is 159 cm³/mol. The number of carbonyl (C=O) groups is 2. The van der Waals surface area contributed by atoms with Crippen molar-refractivity contribution in [3.8, 4) is 0 Å². The zero-order valence-electron chi connectivity index (χ0n) is 23.5. The molecule has 0 spiro atoms. The van der Waals surface area contributed by atoms with E-state index in [2.05, 4.69) is 20.6 Å². The van der Waals surface area contributed by atoms with Gasteiger partial charge in [0.1, 0.15) is 5.54 Å². The van der Waals surface area contributed by atoms with Crippen molar-refractivity contribution in [1.29, 1.82) is 0 Å². The molecule has 5 rings (SSSR count). The highest BCUT2D eigenvalue weighted by molar-refractivity contribution is 7.90. The van der Waals surface area contributed by atoms with Gasteiger partial charge in [-0.1, -0.05) is 43.5 Å². The van der Waals surface area contributed by atoms with Crippen LogP contribution in [-0.4, -0.2) is 49.8 Å². The Morgan fingerprint density at radius 3 is 2.37 bits per heavy atom. The first-order valence-corrected chi connectivity index (χ1v) is 15.9. The molecule has 2 heterocycles. The number of sulfone groups is 1. The molecule has 41 heavy (non-hydrogen) atoms. The minimum Gasteiger partial charge on any atom is -0.353 e. The van der Waals surface area contributed by atoms with Crippen molar-refractivity contribution in [3.63, 3.8) is 0 Å². The van der Waals surface area contributed by atoms with Crippen LogP contribution in [0.15, 0.2) is 82.8 Å². The molecule has 2 atom stereocenters. The highest BCUT2D eigenvalue weighted by atomic mass is 32.2. The van der Waals surface area contributed by atoms with Crippen molar-refractivity contribution >= 4 is 33.6 Å². The van der Waals surface area contributed by atoms with Crippen LogP contribution >= 0.6 is 0 Å². The number of nitrogens with zero attached hydrogens (tertiary/aromatic N) is 2.